The summed E-state index contributed by atoms with van der Waals surface area (Å²) < 4.78 is 0. The number of nitrogens with zero attached hydrogens (tertiary/aromatic N) is 1. The first-order chi connectivity index (χ1) is 11.4. The van der Waals surface area contributed by atoms with Crippen LogP contribution in [0.3, 0.4) is 0 Å². The van der Waals surface area contributed by atoms with Gasteiger partial charge in [0, 0.05) is 29.8 Å². The van der Waals surface area contributed by atoms with Crippen molar-refractivity contribution in [2.24, 2.45) is 0 Å². The summed E-state index contributed by atoms with van der Waals surface area (Å²) in [4.78, 5) is 48.4. The summed E-state index contributed by atoms with van der Waals surface area (Å²) in [5.41, 5.74) is 1.67. The van der Waals surface area contributed by atoms with Crippen LogP contribution in [0.5, 0.6) is 0 Å². The molecule has 2 aliphatic rings. The lowest BCUT2D eigenvalue weighted by Crippen LogP contribution is -2.52. The van der Waals surface area contributed by atoms with E-state index in [1.165, 1.54) is 11.8 Å². The predicted molar refractivity (Wildman–Crippen MR) is 83.2 cm³/mol. The van der Waals surface area contributed by atoms with Gasteiger partial charge in [-0.05, 0) is 25.5 Å². The molecule has 8 nitrogen and oxygen atoms in total. The van der Waals surface area contributed by atoms with Crippen LogP contribution in [0.4, 0.5) is 5.69 Å². The van der Waals surface area contributed by atoms with Crippen LogP contribution in [0.1, 0.15) is 35.7 Å². The first-order valence-corrected chi connectivity index (χ1v) is 7.64. The van der Waals surface area contributed by atoms with E-state index in [0.717, 1.165) is 0 Å². The van der Waals surface area contributed by atoms with E-state index in [1.54, 1.807) is 18.2 Å². The maximum absolute atomic E-state index is 12.6. The van der Waals surface area contributed by atoms with Crippen molar-refractivity contribution in [2.75, 3.05) is 5.32 Å². The number of piperidine rings is 1. The average molecular weight is 331 g/mol. The van der Waals surface area contributed by atoms with Gasteiger partial charge in [0.15, 0.2) is 0 Å². The second-order valence-corrected chi connectivity index (χ2v) is 5.94. The molecule has 2 heterocycles. The predicted octanol–water partition coefficient (Wildman–Crippen LogP) is 0.333. The number of fused-ring (bicyclic) bond motifs is 1. The molecule has 0 saturated carbocycles. The highest BCUT2D eigenvalue weighted by Gasteiger charge is 2.39. The SMILES string of the molecule is CC(Nc1cccc2c1CN(C1CCC(=O)NC1=O)C2=O)C(=O)O. The molecule has 1 saturated heterocycles. The van der Waals surface area contributed by atoms with Crippen molar-refractivity contribution in [3.63, 3.8) is 0 Å². The maximum atomic E-state index is 12.6. The molecule has 24 heavy (non-hydrogen) atoms. The lowest BCUT2D eigenvalue weighted by Gasteiger charge is -2.29. The molecule has 2 unspecified atom stereocenters. The summed E-state index contributed by atoms with van der Waals surface area (Å²) >= 11 is 0. The van der Waals surface area contributed by atoms with E-state index in [2.05, 4.69) is 10.6 Å². The van der Waals surface area contributed by atoms with Crippen molar-refractivity contribution in [1.29, 1.82) is 0 Å². The number of carboxylic acid groups (broad SMARTS) is 1. The van der Waals surface area contributed by atoms with Crippen molar-refractivity contribution < 1.29 is 24.3 Å². The van der Waals surface area contributed by atoms with E-state index in [9.17, 15) is 19.2 Å². The molecule has 0 bridgehead atoms. The molecule has 0 spiro atoms. The van der Waals surface area contributed by atoms with Gasteiger partial charge >= 0.3 is 5.97 Å². The van der Waals surface area contributed by atoms with Crippen LogP contribution in [0.2, 0.25) is 0 Å². The first kappa shape index (κ1) is 16.0. The number of hydrogen-bond donors (Lipinski definition) is 3. The van der Waals surface area contributed by atoms with E-state index in [1.807, 2.05) is 0 Å². The summed E-state index contributed by atoms with van der Waals surface area (Å²) in [7, 11) is 0. The number of carboxylic acids is 1. The highest BCUT2D eigenvalue weighted by molar-refractivity contribution is 6.06. The van der Waals surface area contributed by atoms with Crippen molar-refractivity contribution in [2.45, 2.75) is 38.4 Å². The van der Waals surface area contributed by atoms with Gasteiger partial charge in [0.2, 0.25) is 11.8 Å². The minimum absolute atomic E-state index is 0.192. The summed E-state index contributed by atoms with van der Waals surface area (Å²) in [5.74, 6) is -2.09. The molecule has 126 valence electrons. The molecular weight excluding hydrogens is 314 g/mol. The monoisotopic (exact) mass is 331 g/mol. The molecule has 1 aromatic carbocycles. The van der Waals surface area contributed by atoms with Gasteiger partial charge in [-0.15, -0.1) is 0 Å². The fourth-order valence-corrected chi connectivity index (χ4v) is 3.02. The van der Waals surface area contributed by atoms with Crippen LogP contribution >= 0.6 is 0 Å². The largest absolute Gasteiger partial charge is 0.480 e. The van der Waals surface area contributed by atoms with Crippen LogP contribution in [0.15, 0.2) is 18.2 Å². The maximum Gasteiger partial charge on any atom is 0.325 e. The van der Waals surface area contributed by atoms with Crippen molar-refractivity contribution in [1.82, 2.24) is 10.2 Å². The van der Waals surface area contributed by atoms with Crippen molar-refractivity contribution in [3.05, 3.63) is 29.3 Å². The minimum Gasteiger partial charge on any atom is -0.480 e. The highest BCUT2D eigenvalue weighted by atomic mass is 16.4. The number of carbonyl (C=O) groups excluding carboxylic acids is 3. The summed E-state index contributed by atoms with van der Waals surface area (Å²) in [6.45, 7) is 1.71. The molecule has 1 fully saturated rings. The number of anilines is 1. The third-order valence-corrected chi connectivity index (χ3v) is 4.32. The lowest BCUT2D eigenvalue weighted by atomic mass is 10.0. The van der Waals surface area contributed by atoms with Crippen LogP contribution in [0.25, 0.3) is 0 Å². The first-order valence-electron chi connectivity index (χ1n) is 7.64. The fraction of sp³-hybridized carbons (Fsp3) is 0.375. The number of aliphatic carboxylic acids is 1. The Morgan fingerprint density at radius 1 is 1.38 bits per heavy atom. The van der Waals surface area contributed by atoms with Gasteiger partial charge in [-0.1, -0.05) is 6.07 Å². The van der Waals surface area contributed by atoms with Crippen LogP contribution in [-0.2, 0) is 20.9 Å². The molecule has 3 rings (SSSR count). The van der Waals surface area contributed by atoms with Crippen LogP contribution in [0, 0.1) is 0 Å². The Labute approximate surface area is 137 Å². The molecule has 0 aromatic heterocycles. The van der Waals surface area contributed by atoms with Crippen molar-refractivity contribution in [3.8, 4) is 0 Å². The zero-order valence-electron chi connectivity index (χ0n) is 13.0. The molecule has 0 aliphatic carbocycles. The molecule has 0 radical (unpaired) electrons. The average Bonchev–Trinajstić information content (AvgIpc) is 2.85. The number of benzene rings is 1. The smallest absolute Gasteiger partial charge is 0.325 e. The van der Waals surface area contributed by atoms with E-state index in [-0.39, 0.29) is 24.8 Å². The third-order valence-electron chi connectivity index (χ3n) is 4.32. The number of amides is 3. The van der Waals surface area contributed by atoms with Gasteiger partial charge in [0.1, 0.15) is 12.1 Å². The Balaban J connectivity index is 1.86. The molecule has 3 N–H and O–H groups in total. The van der Waals surface area contributed by atoms with Gasteiger partial charge < -0.3 is 15.3 Å². The number of imide groups is 1. The fourth-order valence-electron chi connectivity index (χ4n) is 3.02. The highest BCUT2D eigenvalue weighted by Crippen LogP contribution is 2.32. The van der Waals surface area contributed by atoms with Crippen molar-refractivity contribution >= 4 is 29.4 Å². The van der Waals surface area contributed by atoms with E-state index in [4.69, 9.17) is 5.11 Å². The lowest BCUT2D eigenvalue weighted by molar-refractivity contribution is -0.138. The molecule has 8 heteroatoms. The summed E-state index contributed by atoms with van der Waals surface area (Å²) in [6, 6.07) is 3.53. The van der Waals surface area contributed by atoms with E-state index in [0.29, 0.717) is 23.2 Å². The Morgan fingerprint density at radius 3 is 2.79 bits per heavy atom. The number of rotatable bonds is 4. The zero-order chi connectivity index (χ0) is 17.4. The number of hydrogen-bond acceptors (Lipinski definition) is 5. The van der Waals surface area contributed by atoms with Crippen LogP contribution in [-0.4, -0.2) is 45.8 Å². The summed E-state index contributed by atoms with van der Waals surface area (Å²) in [6.07, 6.45) is 0.483. The molecule has 1 aromatic rings. The van der Waals surface area contributed by atoms with Gasteiger partial charge in [-0.25, -0.2) is 0 Å². The van der Waals surface area contributed by atoms with E-state index < -0.39 is 24.0 Å². The topological polar surface area (TPSA) is 116 Å². The third kappa shape index (κ3) is 2.70. The van der Waals surface area contributed by atoms with Gasteiger partial charge in [0.05, 0.1) is 0 Å². The Kier molecular flexibility index (Phi) is 3.96. The Hall–Kier alpha value is -2.90. The second-order valence-electron chi connectivity index (χ2n) is 5.94. The molecule has 2 aliphatic heterocycles. The molecule has 2 atom stereocenters. The molecule has 3 amide bonds. The van der Waals surface area contributed by atoms with Crippen LogP contribution < -0.4 is 10.6 Å². The number of carbonyl (C=O) groups is 4. The quantitative estimate of drug-likeness (QED) is 0.685. The normalized spacial score (nSPS) is 21.3. The Morgan fingerprint density at radius 2 is 2.12 bits per heavy atom. The summed E-state index contributed by atoms with van der Waals surface area (Å²) in [5, 5.41) is 14.2. The number of nitrogens with one attached hydrogen (secondary N) is 2. The van der Waals surface area contributed by atoms with E-state index >= 15 is 0 Å². The Bertz CT molecular complexity index is 745. The molecular formula is C16H17N3O5. The van der Waals surface area contributed by atoms with Gasteiger partial charge in [-0.2, -0.15) is 0 Å². The minimum atomic E-state index is -1.00. The second kappa shape index (κ2) is 5.95. The van der Waals surface area contributed by atoms with Gasteiger partial charge in [0.25, 0.3) is 5.91 Å². The van der Waals surface area contributed by atoms with Gasteiger partial charge in [-0.3, -0.25) is 24.5 Å². The standard InChI is InChI=1S/C16H17N3O5/c1-8(16(23)24)17-11-4-2-3-9-10(11)7-19(15(9)22)12-5-6-13(20)18-14(12)21/h2-4,8,12,17H,5-7H2,1H3,(H,23,24)(H,18,20,21). The zero-order valence-corrected chi connectivity index (χ0v) is 13.0.